The number of carbonyl (C=O) groups excluding carboxylic acids is 1. The molecule has 0 bridgehead atoms. The van der Waals surface area contributed by atoms with E-state index in [-0.39, 0.29) is 0 Å². The summed E-state index contributed by atoms with van der Waals surface area (Å²) in [4.78, 5) is 10.9. The van der Waals surface area contributed by atoms with Gasteiger partial charge in [0.2, 0.25) is 0 Å². The van der Waals surface area contributed by atoms with E-state index in [0.717, 1.165) is 0 Å². The van der Waals surface area contributed by atoms with E-state index in [2.05, 4.69) is 0 Å². The second-order valence-corrected chi connectivity index (χ2v) is 2.95. The van der Waals surface area contributed by atoms with Crippen LogP contribution in [0, 0.1) is 0 Å². The van der Waals surface area contributed by atoms with Gasteiger partial charge in [-0.25, -0.2) is 0 Å². The van der Waals surface area contributed by atoms with Crippen molar-refractivity contribution in [2.75, 3.05) is 13.2 Å². The lowest BCUT2D eigenvalue weighted by Crippen LogP contribution is -2.16. The molecule has 0 atom stereocenters. The van der Waals surface area contributed by atoms with Crippen LogP contribution in [0.15, 0.2) is 18.2 Å². The van der Waals surface area contributed by atoms with Gasteiger partial charge in [0.1, 0.15) is 13.2 Å². The zero-order valence-corrected chi connectivity index (χ0v) is 7.50. The Morgan fingerprint density at radius 3 is 2.85 bits per heavy atom. The molecule has 13 heavy (non-hydrogen) atoms. The first kappa shape index (κ1) is 8.38. The second-order valence-electron chi connectivity index (χ2n) is 2.60. The molecule has 1 aromatic rings. The van der Waals surface area contributed by atoms with Crippen molar-refractivity contribution in [3.63, 3.8) is 0 Å². The van der Waals surface area contributed by atoms with Crippen molar-refractivity contribution in [1.29, 1.82) is 0 Å². The van der Waals surface area contributed by atoms with E-state index in [1.54, 1.807) is 18.2 Å². The summed E-state index contributed by atoms with van der Waals surface area (Å²) >= 11 is 5.37. The van der Waals surface area contributed by atoms with Crippen LogP contribution >= 0.6 is 11.6 Å². The summed E-state index contributed by atoms with van der Waals surface area (Å²) < 4.78 is 10.6. The summed E-state index contributed by atoms with van der Waals surface area (Å²) in [6, 6.07) is 5.07. The van der Waals surface area contributed by atoms with Crippen LogP contribution in [0.3, 0.4) is 0 Å². The number of ether oxygens (including phenoxy) is 2. The predicted molar refractivity (Wildman–Crippen MR) is 47.6 cm³/mol. The van der Waals surface area contributed by atoms with E-state index >= 15 is 0 Å². The number of benzene rings is 1. The van der Waals surface area contributed by atoms with Crippen LogP contribution in [0.4, 0.5) is 0 Å². The van der Waals surface area contributed by atoms with Crippen molar-refractivity contribution in [2.45, 2.75) is 0 Å². The molecule has 68 valence electrons. The van der Waals surface area contributed by atoms with Crippen LogP contribution < -0.4 is 9.47 Å². The van der Waals surface area contributed by atoms with E-state index in [4.69, 9.17) is 21.1 Å². The van der Waals surface area contributed by atoms with Crippen LogP contribution in [0.5, 0.6) is 11.5 Å². The molecule has 0 spiro atoms. The molecule has 0 aromatic heterocycles. The Kier molecular flexibility index (Phi) is 2.10. The van der Waals surface area contributed by atoms with E-state index in [0.29, 0.717) is 30.3 Å². The molecule has 0 amide bonds. The van der Waals surface area contributed by atoms with E-state index in [9.17, 15) is 4.79 Å². The summed E-state index contributed by atoms with van der Waals surface area (Å²) in [5.74, 6) is 1.03. The number of halogens is 1. The average molecular weight is 199 g/mol. The number of rotatable bonds is 1. The highest BCUT2D eigenvalue weighted by atomic mass is 35.5. The smallest absolute Gasteiger partial charge is 0.256 e. The standard InChI is InChI=1S/C9H7ClO3/c10-9(11)6-2-1-3-7-8(6)13-5-4-12-7/h1-3H,4-5H2. The molecule has 1 aliphatic heterocycles. The Hall–Kier alpha value is -1.22. The summed E-state index contributed by atoms with van der Waals surface area (Å²) in [7, 11) is 0. The highest BCUT2D eigenvalue weighted by Gasteiger charge is 2.18. The van der Waals surface area contributed by atoms with Gasteiger partial charge in [-0.1, -0.05) is 6.07 Å². The zero-order chi connectivity index (χ0) is 9.26. The fourth-order valence-electron chi connectivity index (χ4n) is 1.23. The van der Waals surface area contributed by atoms with Crippen molar-refractivity contribution in [1.82, 2.24) is 0 Å². The lowest BCUT2D eigenvalue weighted by molar-refractivity contribution is 0.107. The molecule has 0 saturated heterocycles. The van der Waals surface area contributed by atoms with Crippen molar-refractivity contribution < 1.29 is 14.3 Å². The molecule has 2 rings (SSSR count). The molecule has 0 N–H and O–H groups in total. The molecule has 0 saturated carbocycles. The van der Waals surface area contributed by atoms with E-state index in [1.807, 2.05) is 0 Å². The number of hydrogen-bond acceptors (Lipinski definition) is 3. The molecule has 1 heterocycles. The average Bonchev–Trinajstić information content (AvgIpc) is 2.17. The third-order valence-corrected chi connectivity index (χ3v) is 1.98. The van der Waals surface area contributed by atoms with Gasteiger partial charge in [-0.3, -0.25) is 4.79 Å². The lowest BCUT2D eigenvalue weighted by Gasteiger charge is -2.19. The Morgan fingerprint density at radius 1 is 1.31 bits per heavy atom. The fraction of sp³-hybridized carbons (Fsp3) is 0.222. The number of hydrogen-bond donors (Lipinski definition) is 0. The van der Waals surface area contributed by atoms with E-state index < -0.39 is 5.24 Å². The van der Waals surface area contributed by atoms with Crippen LogP contribution in [-0.2, 0) is 0 Å². The minimum absolute atomic E-state index is 0.360. The molecule has 1 aromatic carbocycles. The third-order valence-electron chi connectivity index (χ3n) is 1.78. The zero-order valence-electron chi connectivity index (χ0n) is 6.75. The summed E-state index contributed by atoms with van der Waals surface area (Å²) in [6.07, 6.45) is 0. The minimum atomic E-state index is -0.526. The van der Waals surface area contributed by atoms with Gasteiger partial charge in [-0.2, -0.15) is 0 Å². The third kappa shape index (κ3) is 1.47. The van der Waals surface area contributed by atoms with E-state index in [1.165, 1.54) is 0 Å². The van der Waals surface area contributed by atoms with Gasteiger partial charge < -0.3 is 9.47 Å². The van der Waals surface area contributed by atoms with Gasteiger partial charge in [0.15, 0.2) is 11.5 Å². The quantitative estimate of drug-likeness (QED) is 0.646. The summed E-state index contributed by atoms with van der Waals surface area (Å²) in [5.41, 5.74) is 0.360. The molecule has 1 aliphatic rings. The number of fused-ring (bicyclic) bond motifs is 1. The molecular weight excluding hydrogens is 192 g/mol. The summed E-state index contributed by atoms with van der Waals surface area (Å²) in [6.45, 7) is 0.959. The van der Waals surface area contributed by atoms with Gasteiger partial charge in [-0.05, 0) is 23.7 Å². The fourth-order valence-corrected chi connectivity index (χ4v) is 1.38. The minimum Gasteiger partial charge on any atom is -0.486 e. The first-order valence-electron chi connectivity index (χ1n) is 3.87. The second kappa shape index (κ2) is 3.26. The topological polar surface area (TPSA) is 35.5 Å². The highest BCUT2D eigenvalue weighted by Crippen LogP contribution is 2.34. The van der Waals surface area contributed by atoms with Crippen molar-refractivity contribution in [3.05, 3.63) is 23.8 Å². The highest BCUT2D eigenvalue weighted by molar-refractivity contribution is 6.68. The predicted octanol–water partition coefficient (Wildman–Crippen LogP) is 1.84. The maximum atomic E-state index is 10.9. The van der Waals surface area contributed by atoms with Crippen LogP contribution in [-0.4, -0.2) is 18.5 Å². The van der Waals surface area contributed by atoms with Gasteiger partial charge >= 0.3 is 0 Å². The maximum absolute atomic E-state index is 10.9. The molecule has 0 radical (unpaired) electrons. The molecule has 3 nitrogen and oxygen atoms in total. The molecule has 0 aliphatic carbocycles. The largest absolute Gasteiger partial charge is 0.486 e. The molecule has 0 fully saturated rings. The van der Waals surface area contributed by atoms with Crippen LogP contribution in [0.25, 0.3) is 0 Å². The van der Waals surface area contributed by atoms with Crippen LogP contribution in [0.1, 0.15) is 10.4 Å². The number of para-hydroxylation sites is 1. The first-order chi connectivity index (χ1) is 6.29. The van der Waals surface area contributed by atoms with Gasteiger partial charge in [0.25, 0.3) is 5.24 Å². The molecular formula is C9H7ClO3. The van der Waals surface area contributed by atoms with Gasteiger partial charge in [0.05, 0.1) is 5.56 Å². The van der Waals surface area contributed by atoms with Crippen molar-refractivity contribution in [3.8, 4) is 11.5 Å². The SMILES string of the molecule is O=C(Cl)c1cccc2c1OCCO2. The molecule has 4 heteroatoms. The Bertz CT molecular complexity index is 349. The van der Waals surface area contributed by atoms with Crippen LogP contribution in [0.2, 0.25) is 0 Å². The Balaban J connectivity index is 2.52. The Morgan fingerprint density at radius 2 is 2.08 bits per heavy atom. The van der Waals surface area contributed by atoms with Crippen molar-refractivity contribution >= 4 is 16.8 Å². The lowest BCUT2D eigenvalue weighted by atomic mass is 10.2. The summed E-state index contributed by atoms with van der Waals surface area (Å²) in [5, 5.41) is -0.526. The maximum Gasteiger partial charge on any atom is 0.256 e. The first-order valence-corrected chi connectivity index (χ1v) is 4.25. The number of carbonyl (C=O) groups is 1. The molecule has 0 unspecified atom stereocenters. The van der Waals surface area contributed by atoms with Crippen molar-refractivity contribution in [2.24, 2.45) is 0 Å². The normalized spacial score (nSPS) is 13.9. The van der Waals surface area contributed by atoms with Gasteiger partial charge in [0, 0.05) is 0 Å². The monoisotopic (exact) mass is 198 g/mol. The Labute approximate surface area is 80.2 Å². The van der Waals surface area contributed by atoms with Gasteiger partial charge in [-0.15, -0.1) is 0 Å².